The molecule has 180 valence electrons. The maximum Gasteiger partial charge on any atom is 0.368 e. The molecule has 1 unspecified atom stereocenters. The van der Waals surface area contributed by atoms with Gasteiger partial charge in [-0.05, 0) is 27.7 Å². The SMILES string of the molecule is CCOP(=O)(OCC)C(OC[C@H]1O[C@@H](n2ccc(=O)[nH]c2=O)[C@@H]2OC(C)(C)O[C@@H]21)C(N)=O. The van der Waals surface area contributed by atoms with Crippen LogP contribution in [0.1, 0.15) is 33.9 Å². The van der Waals surface area contributed by atoms with Crippen molar-refractivity contribution in [3.63, 3.8) is 0 Å². The first-order valence-electron chi connectivity index (χ1n) is 10.1. The second kappa shape index (κ2) is 9.56. The van der Waals surface area contributed by atoms with E-state index < -0.39 is 60.9 Å². The van der Waals surface area contributed by atoms with Crippen LogP contribution >= 0.6 is 7.60 Å². The minimum Gasteiger partial charge on any atom is -0.367 e. The lowest BCUT2D eigenvalue weighted by Gasteiger charge is -2.27. The van der Waals surface area contributed by atoms with Gasteiger partial charge in [-0.1, -0.05) is 0 Å². The molecule has 0 spiro atoms. The number of aromatic amines is 1. The number of ether oxygens (including phenoxy) is 4. The van der Waals surface area contributed by atoms with Crippen LogP contribution in [0.3, 0.4) is 0 Å². The van der Waals surface area contributed by atoms with E-state index >= 15 is 0 Å². The Labute approximate surface area is 183 Å². The van der Waals surface area contributed by atoms with E-state index in [1.165, 1.54) is 16.8 Å². The minimum atomic E-state index is -4.00. The Morgan fingerprint density at radius 1 is 1.25 bits per heavy atom. The molecule has 14 heteroatoms. The third-order valence-corrected chi connectivity index (χ3v) is 7.03. The van der Waals surface area contributed by atoms with E-state index in [1.54, 1.807) is 27.7 Å². The molecule has 0 aliphatic carbocycles. The number of carbonyl (C=O) groups excluding carboxylic acids is 1. The lowest BCUT2D eigenvalue weighted by Crippen LogP contribution is -2.38. The van der Waals surface area contributed by atoms with Crippen molar-refractivity contribution in [2.45, 2.75) is 63.9 Å². The summed E-state index contributed by atoms with van der Waals surface area (Å²) in [4.78, 5) is 37.8. The third kappa shape index (κ3) is 5.04. The van der Waals surface area contributed by atoms with Crippen molar-refractivity contribution in [1.82, 2.24) is 9.55 Å². The summed E-state index contributed by atoms with van der Waals surface area (Å²) in [5.74, 6) is -3.69. The van der Waals surface area contributed by atoms with Crippen molar-refractivity contribution in [2.24, 2.45) is 5.73 Å². The number of hydrogen-bond donors (Lipinski definition) is 2. The second-order valence-corrected chi connectivity index (χ2v) is 9.68. The van der Waals surface area contributed by atoms with Crippen LogP contribution in [0.25, 0.3) is 0 Å². The first-order valence-corrected chi connectivity index (χ1v) is 11.7. The van der Waals surface area contributed by atoms with Gasteiger partial charge in [-0.15, -0.1) is 0 Å². The summed E-state index contributed by atoms with van der Waals surface area (Å²) in [5, 5.41) is 0. The Morgan fingerprint density at radius 3 is 2.44 bits per heavy atom. The zero-order valence-electron chi connectivity index (χ0n) is 18.2. The van der Waals surface area contributed by atoms with Gasteiger partial charge in [0.25, 0.3) is 11.5 Å². The fraction of sp³-hybridized carbons (Fsp3) is 0.722. The van der Waals surface area contributed by atoms with Crippen LogP contribution in [0.4, 0.5) is 0 Å². The monoisotopic (exact) mass is 477 g/mol. The molecule has 13 nitrogen and oxygen atoms in total. The molecule has 5 atom stereocenters. The number of hydrogen-bond acceptors (Lipinski definition) is 10. The molecule has 0 saturated carbocycles. The molecule has 1 aromatic heterocycles. The van der Waals surface area contributed by atoms with Crippen LogP contribution in [0, 0.1) is 0 Å². The van der Waals surface area contributed by atoms with Crippen molar-refractivity contribution in [2.75, 3.05) is 19.8 Å². The number of fused-ring (bicyclic) bond motifs is 1. The molecule has 1 amide bonds. The highest BCUT2D eigenvalue weighted by molar-refractivity contribution is 7.55. The number of rotatable bonds is 10. The first kappa shape index (κ1) is 24.8. The number of nitrogens with one attached hydrogen (secondary N) is 1. The highest BCUT2D eigenvalue weighted by atomic mass is 31.2. The molecule has 2 saturated heterocycles. The smallest absolute Gasteiger partial charge is 0.367 e. The average molecular weight is 477 g/mol. The van der Waals surface area contributed by atoms with Crippen molar-refractivity contribution >= 4 is 13.5 Å². The number of carbonyl (C=O) groups is 1. The largest absolute Gasteiger partial charge is 0.368 e. The Bertz CT molecular complexity index is 982. The highest BCUT2D eigenvalue weighted by Gasteiger charge is 2.56. The zero-order chi connectivity index (χ0) is 23.7. The van der Waals surface area contributed by atoms with Gasteiger partial charge in [-0.25, -0.2) is 4.79 Å². The van der Waals surface area contributed by atoms with Gasteiger partial charge in [0, 0.05) is 12.3 Å². The summed E-state index contributed by atoms with van der Waals surface area (Å²) in [6, 6.07) is 1.17. The van der Waals surface area contributed by atoms with Crippen molar-refractivity contribution < 1.29 is 37.4 Å². The molecule has 2 aliphatic heterocycles. The molecule has 0 radical (unpaired) electrons. The fourth-order valence-corrected chi connectivity index (χ4v) is 5.34. The Morgan fingerprint density at radius 2 is 1.88 bits per heavy atom. The molecule has 2 fully saturated rings. The lowest BCUT2D eigenvalue weighted by atomic mass is 10.1. The quantitative estimate of drug-likeness (QED) is 0.439. The molecule has 0 aromatic carbocycles. The second-order valence-electron chi connectivity index (χ2n) is 7.61. The van der Waals surface area contributed by atoms with Crippen LogP contribution in [-0.4, -0.2) is 65.2 Å². The maximum absolute atomic E-state index is 13.0. The van der Waals surface area contributed by atoms with Gasteiger partial charge in [0.05, 0.1) is 19.8 Å². The van der Waals surface area contributed by atoms with Gasteiger partial charge < -0.3 is 33.7 Å². The van der Waals surface area contributed by atoms with Gasteiger partial charge in [0.15, 0.2) is 12.0 Å². The van der Waals surface area contributed by atoms with E-state index in [4.69, 9.17) is 33.7 Å². The minimum absolute atomic E-state index is 0.0113. The molecule has 0 bridgehead atoms. The number of amides is 1. The van der Waals surface area contributed by atoms with Gasteiger partial charge in [0.2, 0.25) is 5.85 Å². The molecule has 3 N–H and O–H groups in total. The van der Waals surface area contributed by atoms with Gasteiger partial charge in [-0.2, -0.15) is 0 Å². The number of nitrogens with zero attached hydrogens (tertiary/aromatic N) is 1. The van der Waals surface area contributed by atoms with Crippen LogP contribution in [0.2, 0.25) is 0 Å². The van der Waals surface area contributed by atoms with Crippen molar-refractivity contribution in [3.05, 3.63) is 33.1 Å². The molecule has 3 rings (SSSR count). The first-order chi connectivity index (χ1) is 15.0. The predicted octanol–water partition coefficient (Wildman–Crippen LogP) is 0.0482. The molecule has 32 heavy (non-hydrogen) atoms. The predicted molar refractivity (Wildman–Crippen MR) is 109 cm³/mol. The van der Waals surface area contributed by atoms with E-state index in [0.29, 0.717) is 0 Å². The molecule has 2 aliphatic rings. The summed E-state index contributed by atoms with van der Waals surface area (Å²) < 4.78 is 47.9. The fourth-order valence-electron chi connectivity index (χ4n) is 3.69. The lowest BCUT2D eigenvalue weighted by molar-refractivity contribution is -0.203. The number of H-pyrrole nitrogens is 1. The van der Waals surface area contributed by atoms with Gasteiger partial charge >= 0.3 is 13.3 Å². The Hall–Kier alpha value is -1.86. The highest BCUT2D eigenvalue weighted by Crippen LogP contribution is 2.53. The van der Waals surface area contributed by atoms with Crippen LogP contribution in [0.5, 0.6) is 0 Å². The Kier molecular flexibility index (Phi) is 7.40. The normalized spacial score (nSPS) is 27.9. The van der Waals surface area contributed by atoms with Crippen LogP contribution in [0.15, 0.2) is 21.9 Å². The van der Waals surface area contributed by atoms with E-state index in [1.807, 2.05) is 0 Å². The van der Waals surface area contributed by atoms with E-state index in [-0.39, 0.29) is 19.8 Å². The Balaban J connectivity index is 1.84. The van der Waals surface area contributed by atoms with Gasteiger partial charge in [-0.3, -0.25) is 23.7 Å². The summed E-state index contributed by atoms with van der Waals surface area (Å²) in [6.45, 7) is 6.31. The molecule has 3 heterocycles. The maximum atomic E-state index is 13.0. The van der Waals surface area contributed by atoms with Crippen LogP contribution < -0.4 is 17.0 Å². The number of primary amides is 1. The zero-order valence-corrected chi connectivity index (χ0v) is 19.1. The summed E-state index contributed by atoms with van der Waals surface area (Å²) in [5.41, 5.74) is 4.15. The van der Waals surface area contributed by atoms with Crippen molar-refractivity contribution in [1.29, 1.82) is 0 Å². The van der Waals surface area contributed by atoms with E-state index in [2.05, 4.69) is 4.98 Å². The average Bonchev–Trinajstić information content (AvgIpc) is 3.15. The standard InChI is InChI=1S/C18H28N3O10P/c1-5-27-32(25,28-6-2)16(14(19)23)26-9-10-12-13(31-18(3,4)30-12)15(29-10)21-8-7-11(22)20-17(21)24/h7-8,10,12-13,15-16H,5-6,9H2,1-4H3,(H2,19,23)(H,20,22,24)/t10-,12-,13-,15-,16?/m1/s1. The van der Waals surface area contributed by atoms with Crippen molar-refractivity contribution in [3.8, 4) is 0 Å². The summed E-state index contributed by atoms with van der Waals surface area (Å²) in [6.07, 6.45) is -1.91. The molecular formula is C18H28N3O10P. The van der Waals surface area contributed by atoms with E-state index in [0.717, 1.165) is 0 Å². The number of aromatic nitrogens is 2. The summed E-state index contributed by atoms with van der Waals surface area (Å²) >= 11 is 0. The van der Waals surface area contributed by atoms with Crippen LogP contribution in [-0.2, 0) is 37.4 Å². The van der Waals surface area contributed by atoms with E-state index in [9.17, 15) is 18.9 Å². The molecular weight excluding hydrogens is 449 g/mol. The topological polar surface area (TPSA) is 170 Å². The number of nitrogens with two attached hydrogens (primary N) is 1. The molecule has 1 aromatic rings. The van der Waals surface area contributed by atoms with Gasteiger partial charge in [0.1, 0.15) is 18.3 Å². The third-order valence-electron chi connectivity index (χ3n) is 4.82. The summed E-state index contributed by atoms with van der Waals surface area (Å²) in [7, 11) is -4.00.